The van der Waals surface area contributed by atoms with Gasteiger partial charge in [0.2, 0.25) is 0 Å². The SMILES string of the molecule is c1ccc([Se+]2C3(C4CC5CC(C4)CC3C5)C23C2CC4CC(C2)CC3C4)cc1. The summed E-state index contributed by atoms with van der Waals surface area (Å²) >= 11 is -0.708. The van der Waals surface area contributed by atoms with Crippen LogP contribution in [0.5, 0.6) is 0 Å². The maximum absolute atomic E-state index is 2.59. The van der Waals surface area contributed by atoms with Crippen molar-refractivity contribution in [2.75, 3.05) is 0 Å². The van der Waals surface area contributed by atoms with Crippen LogP contribution < -0.4 is 4.46 Å². The number of rotatable bonds is 1. The van der Waals surface area contributed by atoms with E-state index in [-0.39, 0.29) is 0 Å². The molecular weight excluding hydrogens is 391 g/mol. The molecule has 8 aliphatic carbocycles. The second-order valence-electron chi connectivity index (χ2n) is 11.8. The van der Waals surface area contributed by atoms with Crippen molar-refractivity contribution in [3.05, 3.63) is 30.3 Å². The van der Waals surface area contributed by atoms with Gasteiger partial charge < -0.3 is 0 Å². The Hall–Kier alpha value is -0.261. The Morgan fingerprint density at radius 2 is 0.889 bits per heavy atom. The van der Waals surface area contributed by atoms with E-state index in [1.165, 1.54) is 0 Å². The minimum absolute atomic E-state index is 0.708. The first-order valence-electron chi connectivity index (χ1n) is 12.1. The van der Waals surface area contributed by atoms with Gasteiger partial charge in [0.15, 0.2) is 0 Å². The Morgan fingerprint density at radius 1 is 0.519 bits per heavy atom. The van der Waals surface area contributed by atoms with E-state index in [0.717, 1.165) is 56.0 Å². The van der Waals surface area contributed by atoms with Crippen molar-refractivity contribution in [3.8, 4) is 0 Å². The quantitative estimate of drug-likeness (QED) is 0.500. The van der Waals surface area contributed by atoms with Crippen molar-refractivity contribution >= 4 is 18.4 Å². The van der Waals surface area contributed by atoms with Gasteiger partial charge in [-0.25, -0.2) is 0 Å². The molecule has 1 saturated heterocycles. The summed E-state index contributed by atoms with van der Waals surface area (Å²) < 4.78 is 3.62. The van der Waals surface area contributed by atoms with Crippen LogP contribution in [-0.2, 0) is 0 Å². The number of benzene rings is 1. The zero-order valence-electron chi connectivity index (χ0n) is 16.5. The first-order chi connectivity index (χ1) is 13.3. The molecule has 1 heteroatoms. The molecule has 0 N–H and O–H groups in total. The average molecular weight is 425 g/mol. The van der Waals surface area contributed by atoms with Crippen LogP contribution in [0.25, 0.3) is 0 Å². The van der Waals surface area contributed by atoms with Crippen molar-refractivity contribution in [1.82, 2.24) is 0 Å². The van der Waals surface area contributed by atoms with Crippen molar-refractivity contribution < 1.29 is 0 Å². The molecule has 8 bridgehead atoms. The van der Waals surface area contributed by atoms with Gasteiger partial charge in [0, 0.05) is 0 Å². The van der Waals surface area contributed by atoms with Crippen LogP contribution in [0.2, 0.25) is 8.63 Å². The standard InChI is InChI=1S/C26H33Se/c1-2-4-24(5-3-1)27-25(20-8-16-6-17(10-20)11-21(25)9-16)26(27)22-12-18-7-19(14-22)15-23(26)13-18/h1-5,16-23H,6-15H2/q+1. The summed E-state index contributed by atoms with van der Waals surface area (Å²) in [5.41, 5.74) is 0. The zero-order chi connectivity index (χ0) is 17.4. The zero-order valence-corrected chi connectivity index (χ0v) is 18.2. The molecule has 0 atom stereocenters. The third kappa shape index (κ3) is 1.62. The van der Waals surface area contributed by atoms with E-state index >= 15 is 0 Å². The van der Waals surface area contributed by atoms with Crippen LogP contribution in [0.3, 0.4) is 0 Å². The summed E-state index contributed by atoms with van der Waals surface area (Å²) in [4.78, 5) is 0. The summed E-state index contributed by atoms with van der Waals surface area (Å²) in [6.45, 7) is 0. The first kappa shape index (κ1) is 15.6. The Kier molecular flexibility index (Phi) is 2.82. The van der Waals surface area contributed by atoms with Gasteiger partial charge in [-0.05, 0) is 0 Å². The third-order valence-corrected chi connectivity index (χ3v) is 19.1. The fourth-order valence-corrected chi connectivity index (χ4v) is 21.5. The molecule has 1 aromatic rings. The molecule has 0 radical (unpaired) electrons. The molecule has 1 aliphatic heterocycles. The second kappa shape index (κ2) is 4.89. The topological polar surface area (TPSA) is 0 Å². The molecule has 0 amide bonds. The van der Waals surface area contributed by atoms with Gasteiger partial charge in [-0.1, -0.05) is 0 Å². The van der Waals surface area contributed by atoms with Crippen LogP contribution in [0, 0.1) is 47.3 Å². The Labute approximate surface area is 168 Å². The summed E-state index contributed by atoms with van der Waals surface area (Å²) in [6, 6.07) is 12.2. The van der Waals surface area contributed by atoms with Gasteiger partial charge in [0.1, 0.15) is 0 Å². The Bertz CT molecular complexity index is 690. The predicted octanol–water partition coefficient (Wildman–Crippen LogP) is 5.80. The van der Waals surface area contributed by atoms with Crippen LogP contribution in [-0.4, -0.2) is 13.9 Å². The minimum atomic E-state index is -0.708. The monoisotopic (exact) mass is 425 g/mol. The summed E-state index contributed by atoms with van der Waals surface area (Å²) in [5, 5.41) is 0. The molecule has 0 aromatic heterocycles. The van der Waals surface area contributed by atoms with E-state index in [2.05, 4.69) is 30.3 Å². The second-order valence-corrected chi connectivity index (χ2v) is 16.9. The van der Waals surface area contributed by atoms with E-state index in [1.807, 2.05) is 4.46 Å². The van der Waals surface area contributed by atoms with E-state index < -0.39 is 13.9 Å². The van der Waals surface area contributed by atoms with Crippen molar-refractivity contribution in [1.29, 1.82) is 0 Å². The summed E-state index contributed by atoms with van der Waals surface area (Å²) in [5.74, 6) is 9.14. The molecule has 10 rings (SSSR count). The van der Waals surface area contributed by atoms with Crippen LogP contribution >= 0.6 is 0 Å². The summed E-state index contributed by atoms with van der Waals surface area (Å²) in [7, 11) is 0. The van der Waals surface area contributed by atoms with Gasteiger partial charge >= 0.3 is 169 Å². The fourth-order valence-electron chi connectivity index (χ4n) is 11.1. The van der Waals surface area contributed by atoms with Gasteiger partial charge in [-0.15, -0.1) is 0 Å². The summed E-state index contributed by atoms with van der Waals surface area (Å²) in [6.07, 6.45) is 16.4. The van der Waals surface area contributed by atoms with E-state index in [4.69, 9.17) is 0 Å². The number of hydrogen-bond acceptors (Lipinski definition) is 0. The first-order valence-corrected chi connectivity index (χ1v) is 14.7. The fraction of sp³-hybridized carbons (Fsp3) is 0.769. The van der Waals surface area contributed by atoms with Crippen molar-refractivity contribution in [3.63, 3.8) is 0 Å². The molecule has 0 nitrogen and oxygen atoms in total. The molecule has 142 valence electrons. The maximum atomic E-state index is 2.59. The van der Waals surface area contributed by atoms with Gasteiger partial charge in [-0.3, -0.25) is 0 Å². The molecule has 0 unspecified atom stereocenters. The Balaban J connectivity index is 1.34. The molecule has 8 saturated carbocycles. The molecule has 9 aliphatic rings. The number of hydrogen-bond donors (Lipinski definition) is 0. The molecule has 27 heavy (non-hydrogen) atoms. The molecule has 9 fully saturated rings. The van der Waals surface area contributed by atoms with Gasteiger partial charge in [0.25, 0.3) is 0 Å². The van der Waals surface area contributed by atoms with Crippen molar-refractivity contribution in [2.24, 2.45) is 47.3 Å². The Morgan fingerprint density at radius 3 is 1.26 bits per heavy atom. The van der Waals surface area contributed by atoms with E-state index in [9.17, 15) is 0 Å². The van der Waals surface area contributed by atoms with Crippen LogP contribution in [0.15, 0.2) is 30.3 Å². The van der Waals surface area contributed by atoms with Crippen LogP contribution in [0.1, 0.15) is 64.2 Å². The third-order valence-electron chi connectivity index (χ3n) is 10.9. The predicted molar refractivity (Wildman–Crippen MR) is 111 cm³/mol. The normalized spacial score (nSPS) is 61.3. The molecule has 1 aromatic carbocycles. The molecular formula is C26H33Se+. The van der Waals surface area contributed by atoms with Gasteiger partial charge in [0.05, 0.1) is 0 Å². The van der Waals surface area contributed by atoms with Crippen molar-refractivity contribution in [2.45, 2.75) is 72.8 Å². The van der Waals surface area contributed by atoms with E-state index in [0.29, 0.717) is 0 Å². The molecule has 2 spiro atoms. The molecule has 1 heterocycles. The van der Waals surface area contributed by atoms with Gasteiger partial charge in [-0.2, -0.15) is 0 Å². The van der Waals surface area contributed by atoms with Crippen LogP contribution in [0.4, 0.5) is 0 Å². The average Bonchev–Trinajstić information content (AvgIpc) is 3.29. The van der Waals surface area contributed by atoms with E-state index in [1.54, 1.807) is 64.2 Å².